The number of hydrogen-bond acceptors (Lipinski definition) is 4. The molecule has 1 aromatic carbocycles. The van der Waals surface area contributed by atoms with E-state index in [2.05, 4.69) is 54.3 Å². The van der Waals surface area contributed by atoms with Crippen molar-refractivity contribution in [3.8, 4) is 0 Å². The third kappa shape index (κ3) is 2.19. The summed E-state index contributed by atoms with van der Waals surface area (Å²) >= 11 is 0. The first-order valence-electron chi connectivity index (χ1n) is 7.81. The van der Waals surface area contributed by atoms with E-state index in [0.717, 1.165) is 0 Å². The van der Waals surface area contributed by atoms with Gasteiger partial charge in [-0.1, -0.05) is 39.0 Å². The summed E-state index contributed by atoms with van der Waals surface area (Å²) in [6, 6.07) is 6.55. The molecule has 1 amide bonds. The number of nitrogens with zero attached hydrogens (tertiary/aromatic N) is 2. The standard InChI is InChI=1S/C18H19N3O2/c1-17(2,3)13-5-4-11-9-18(10-12(11)8-13)14-15(20-7-6-19-14)21-16(22)23-18/h4-8H,9-10H2,1-3H3,(H,20,21,22). The largest absolute Gasteiger partial charge is 0.435 e. The maximum atomic E-state index is 12.0. The summed E-state index contributed by atoms with van der Waals surface area (Å²) in [4.78, 5) is 20.6. The number of rotatable bonds is 0. The number of aromatic nitrogens is 2. The van der Waals surface area contributed by atoms with E-state index in [1.54, 1.807) is 12.4 Å². The van der Waals surface area contributed by atoms with Gasteiger partial charge in [-0.05, 0) is 22.1 Å². The molecule has 0 radical (unpaired) electrons. The Morgan fingerprint density at radius 3 is 2.65 bits per heavy atom. The van der Waals surface area contributed by atoms with Crippen LogP contribution in [-0.4, -0.2) is 16.1 Å². The minimum Gasteiger partial charge on any atom is -0.435 e. The van der Waals surface area contributed by atoms with Crippen LogP contribution < -0.4 is 5.32 Å². The lowest BCUT2D eigenvalue weighted by Crippen LogP contribution is -2.41. The second-order valence-electron chi connectivity index (χ2n) is 7.35. The van der Waals surface area contributed by atoms with Crippen LogP contribution in [0.25, 0.3) is 0 Å². The molecule has 1 atom stereocenters. The van der Waals surface area contributed by atoms with Crippen molar-refractivity contribution in [1.82, 2.24) is 9.97 Å². The molecule has 0 saturated carbocycles. The van der Waals surface area contributed by atoms with Crippen molar-refractivity contribution >= 4 is 11.9 Å². The molecule has 0 bridgehead atoms. The Morgan fingerprint density at radius 1 is 1.13 bits per heavy atom. The van der Waals surface area contributed by atoms with Crippen molar-refractivity contribution in [1.29, 1.82) is 0 Å². The van der Waals surface area contributed by atoms with Crippen LogP contribution in [0.4, 0.5) is 10.6 Å². The third-order valence-corrected chi connectivity index (χ3v) is 4.66. The van der Waals surface area contributed by atoms with Crippen molar-refractivity contribution in [3.05, 3.63) is 53.0 Å². The number of ether oxygens (including phenoxy) is 1. The van der Waals surface area contributed by atoms with Gasteiger partial charge in [-0.3, -0.25) is 10.3 Å². The van der Waals surface area contributed by atoms with Crippen LogP contribution in [0, 0.1) is 0 Å². The topological polar surface area (TPSA) is 64.1 Å². The van der Waals surface area contributed by atoms with E-state index in [9.17, 15) is 4.79 Å². The van der Waals surface area contributed by atoms with Crippen LogP contribution in [0.3, 0.4) is 0 Å². The molecule has 118 valence electrons. The Hall–Kier alpha value is -2.43. The highest BCUT2D eigenvalue weighted by molar-refractivity contribution is 5.87. The van der Waals surface area contributed by atoms with Gasteiger partial charge in [-0.2, -0.15) is 0 Å². The van der Waals surface area contributed by atoms with Gasteiger partial charge in [-0.15, -0.1) is 0 Å². The van der Waals surface area contributed by atoms with E-state index in [1.807, 2.05) is 0 Å². The first kappa shape index (κ1) is 14.2. The Balaban J connectivity index is 1.79. The molecule has 1 spiro atoms. The molecule has 1 aliphatic heterocycles. The zero-order chi connectivity index (χ0) is 16.2. The van der Waals surface area contributed by atoms with E-state index in [1.165, 1.54) is 16.7 Å². The highest BCUT2D eigenvalue weighted by atomic mass is 16.6. The predicted molar refractivity (Wildman–Crippen MR) is 86.4 cm³/mol. The fourth-order valence-corrected chi connectivity index (χ4v) is 3.46. The van der Waals surface area contributed by atoms with Gasteiger partial charge in [0.2, 0.25) is 0 Å². The maximum absolute atomic E-state index is 12.0. The van der Waals surface area contributed by atoms with E-state index in [-0.39, 0.29) is 5.41 Å². The molecule has 1 N–H and O–H groups in total. The van der Waals surface area contributed by atoms with Crippen LogP contribution in [0.1, 0.15) is 43.2 Å². The minimum absolute atomic E-state index is 0.0906. The van der Waals surface area contributed by atoms with E-state index in [4.69, 9.17) is 4.74 Å². The summed E-state index contributed by atoms with van der Waals surface area (Å²) in [7, 11) is 0. The second-order valence-corrected chi connectivity index (χ2v) is 7.35. The van der Waals surface area contributed by atoms with Gasteiger partial charge in [-0.25, -0.2) is 9.78 Å². The van der Waals surface area contributed by atoms with E-state index >= 15 is 0 Å². The molecular weight excluding hydrogens is 290 g/mol. The highest BCUT2D eigenvalue weighted by Crippen LogP contribution is 2.45. The first-order chi connectivity index (χ1) is 10.9. The Kier molecular flexibility index (Phi) is 2.80. The molecule has 4 rings (SSSR count). The second kappa shape index (κ2) is 4.54. The lowest BCUT2D eigenvalue weighted by molar-refractivity contribution is 0.0157. The maximum Gasteiger partial charge on any atom is 0.413 e. The van der Waals surface area contributed by atoms with Gasteiger partial charge in [0.1, 0.15) is 5.69 Å². The molecule has 0 fully saturated rings. The van der Waals surface area contributed by atoms with Crippen molar-refractivity contribution in [2.45, 2.75) is 44.6 Å². The van der Waals surface area contributed by atoms with Crippen LogP contribution >= 0.6 is 0 Å². The summed E-state index contributed by atoms with van der Waals surface area (Å²) in [5, 5.41) is 2.64. The number of nitrogens with one attached hydrogen (secondary N) is 1. The van der Waals surface area contributed by atoms with Crippen molar-refractivity contribution in [2.24, 2.45) is 0 Å². The molecule has 5 nitrogen and oxygen atoms in total. The predicted octanol–water partition coefficient (Wildman–Crippen LogP) is 3.33. The smallest absolute Gasteiger partial charge is 0.413 e. The molecule has 1 aromatic heterocycles. The molecule has 2 aromatic rings. The summed E-state index contributed by atoms with van der Waals surface area (Å²) < 4.78 is 5.72. The average Bonchev–Trinajstić information content (AvgIpc) is 2.83. The minimum atomic E-state index is -0.731. The Bertz CT molecular complexity index is 810. The zero-order valence-corrected chi connectivity index (χ0v) is 13.5. The van der Waals surface area contributed by atoms with Crippen LogP contribution in [0.15, 0.2) is 30.6 Å². The van der Waals surface area contributed by atoms with Crippen LogP contribution in [0.2, 0.25) is 0 Å². The Labute approximate surface area is 135 Å². The van der Waals surface area contributed by atoms with Crippen molar-refractivity contribution in [2.75, 3.05) is 5.32 Å². The van der Waals surface area contributed by atoms with Crippen LogP contribution in [-0.2, 0) is 28.6 Å². The number of hydrogen-bond donors (Lipinski definition) is 1. The monoisotopic (exact) mass is 309 g/mol. The number of amides is 1. The molecule has 1 aliphatic carbocycles. The fourth-order valence-electron chi connectivity index (χ4n) is 3.46. The van der Waals surface area contributed by atoms with Gasteiger partial charge >= 0.3 is 6.09 Å². The number of anilines is 1. The molecule has 2 aliphatic rings. The number of carbonyl (C=O) groups excluding carboxylic acids is 1. The quantitative estimate of drug-likeness (QED) is 0.810. The van der Waals surface area contributed by atoms with E-state index in [0.29, 0.717) is 24.4 Å². The van der Waals surface area contributed by atoms with Gasteiger partial charge in [0.25, 0.3) is 0 Å². The lowest BCUT2D eigenvalue weighted by Gasteiger charge is -2.33. The summed E-state index contributed by atoms with van der Waals surface area (Å²) in [5.74, 6) is 0.507. The normalized spacial score (nSPS) is 22.3. The zero-order valence-electron chi connectivity index (χ0n) is 13.5. The highest BCUT2D eigenvalue weighted by Gasteiger charge is 2.48. The van der Waals surface area contributed by atoms with Gasteiger partial charge in [0.15, 0.2) is 11.4 Å². The third-order valence-electron chi connectivity index (χ3n) is 4.66. The van der Waals surface area contributed by atoms with Crippen LogP contribution in [0.5, 0.6) is 0 Å². The van der Waals surface area contributed by atoms with Gasteiger partial charge in [0, 0.05) is 25.2 Å². The first-order valence-corrected chi connectivity index (χ1v) is 7.81. The molecule has 5 heteroatoms. The van der Waals surface area contributed by atoms with Gasteiger partial charge < -0.3 is 4.74 Å². The number of benzene rings is 1. The summed E-state index contributed by atoms with van der Waals surface area (Å²) in [6.45, 7) is 6.60. The molecular formula is C18H19N3O2. The molecule has 0 saturated heterocycles. The Morgan fingerprint density at radius 2 is 1.87 bits per heavy atom. The van der Waals surface area contributed by atoms with Crippen molar-refractivity contribution < 1.29 is 9.53 Å². The molecule has 1 unspecified atom stereocenters. The number of carbonyl (C=O) groups is 1. The summed E-state index contributed by atoms with van der Waals surface area (Å²) in [6.07, 6.45) is 4.06. The average molecular weight is 309 g/mol. The van der Waals surface area contributed by atoms with Gasteiger partial charge in [0.05, 0.1) is 0 Å². The molecule has 23 heavy (non-hydrogen) atoms. The summed E-state index contributed by atoms with van der Waals surface area (Å²) in [5.41, 5.74) is 3.80. The lowest BCUT2D eigenvalue weighted by atomic mass is 9.85. The number of fused-ring (bicyclic) bond motifs is 3. The fraction of sp³-hybridized carbons (Fsp3) is 0.389. The SMILES string of the molecule is CC(C)(C)c1ccc2c(c1)CC1(C2)OC(=O)Nc2nccnc21. The van der Waals surface area contributed by atoms with E-state index < -0.39 is 11.7 Å². The van der Waals surface area contributed by atoms with Crippen molar-refractivity contribution in [3.63, 3.8) is 0 Å². The molecule has 2 heterocycles.